The Morgan fingerprint density at radius 2 is 0.857 bits per heavy atom. The fourth-order valence-corrected chi connectivity index (χ4v) is 9.09. The van der Waals surface area contributed by atoms with Crippen molar-refractivity contribution in [2.45, 2.75) is 176 Å². The van der Waals surface area contributed by atoms with Crippen LogP contribution in [0.5, 0.6) is 0 Å². The second kappa shape index (κ2) is 25.5. The van der Waals surface area contributed by atoms with Crippen LogP contribution in [0.1, 0.15) is 176 Å². The predicted octanol–water partition coefficient (Wildman–Crippen LogP) is 11.8. The van der Waals surface area contributed by atoms with E-state index in [1.807, 2.05) is 0 Å². The van der Waals surface area contributed by atoms with Crippen LogP contribution in [0.3, 0.4) is 0 Å². The van der Waals surface area contributed by atoms with Crippen LogP contribution in [0, 0.1) is 5.92 Å². The summed E-state index contributed by atoms with van der Waals surface area (Å²) in [5, 5.41) is 0. The third kappa shape index (κ3) is 19.6. The first kappa shape index (κ1) is 34.9. The van der Waals surface area contributed by atoms with Crippen molar-refractivity contribution in [2.24, 2.45) is 5.92 Å². The zero-order valence-corrected chi connectivity index (χ0v) is 25.9. The summed E-state index contributed by atoms with van der Waals surface area (Å²) in [4.78, 5) is 13.4. The van der Waals surface area contributed by atoms with E-state index in [1.165, 1.54) is 134 Å². The topological polar surface area (TPSA) is 26.3 Å². The van der Waals surface area contributed by atoms with Gasteiger partial charge in [-0.2, -0.15) is 0 Å². The molecule has 0 aromatic heterocycles. The number of rotatable bonds is 27. The molecule has 1 unspecified atom stereocenters. The smallest absolute Gasteiger partial charge is 0.313 e. The molecule has 0 aliphatic carbocycles. The Bertz CT molecular complexity index is 410. The van der Waals surface area contributed by atoms with Crippen LogP contribution in [0.2, 0.25) is 0 Å². The van der Waals surface area contributed by atoms with Crippen molar-refractivity contribution in [1.29, 1.82) is 0 Å². The van der Waals surface area contributed by atoms with Gasteiger partial charge < -0.3 is 4.52 Å². The maximum absolute atomic E-state index is 13.4. The maximum Gasteiger partial charge on any atom is 0.352 e. The van der Waals surface area contributed by atoms with Gasteiger partial charge in [-0.05, 0) is 51.4 Å². The largest absolute Gasteiger partial charge is 0.352 e. The van der Waals surface area contributed by atoms with Gasteiger partial charge in [-0.15, -0.1) is 0 Å². The summed E-state index contributed by atoms with van der Waals surface area (Å²) in [6.45, 7) is 11.3. The Labute approximate surface area is 222 Å². The monoisotopic (exact) mass is 513 g/mol. The standard InChI is InChI=1S/C32H66O2P/c1-6-11-15-18-21-24-28-35(29-25-22-19-16-12-7-2,30-26-23-20-17-13-8-3)34-32(33)31(10-5)27-14-9-4/h31H,6-30H2,1-5H3/q+1. The van der Waals surface area contributed by atoms with E-state index in [4.69, 9.17) is 4.52 Å². The number of carbonyl (C=O) groups excluding carboxylic acids is 1. The Morgan fingerprint density at radius 1 is 0.514 bits per heavy atom. The van der Waals surface area contributed by atoms with Gasteiger partial charge in [-0.25, -0.2) is 4.79 Å². The zero-order chi connectivity index (χ0) is 26.0. The van der Waals surface area contributed by atoms with Crippen molar-refractivity contribution < 1.29 is 9.32 Å². The lowest BCUT2D eigenvalue weighted by molar-refractivity contribution is -0.138. The van der Waals surface area contributed by atoms with Gasteiger partial charge in [0.05, 0.1) is 24.4 Å². The van der Waals surface area contributed by atoms with E-state index in [0.717, 1.165) is 25.7 Å². The predicted molar refractivity (Wildman–Crippen MR) is 161 cm³/mol. The molecule has 0 N–H and O–H groups in total. The summed E-state index contributed by atoms with van der Waals surface area (Å²) in [6, 6.07) is 0. The molecule has 210 valence electrons. The molecule has 2 nitrogen and oxygen atoms in total. The zero-order valence-electron chi connectivity index (χ0n) is 25.0. The van der Waals surface area contributed by atoms with E-state index in [9.17, 15) is 4.79 Å². The fraction of sp³-hybridized carbons (Fsp3) is 0.969. The van der Waals surface area contributed by atoms with Crippen LogP contribution in [0.15, 0.2) is 0 Å². The highest BCUT2D eigenvalue weighted by molar-refractivity contribution is 7.71. The molecule has 0 aliphatic heterocycles. The molecule has 0 saturated heterocycles. The summed E-state index contributed by atoms with van der Waals surface area (Å²) >= 11 is 0. The molecule has 0 spiro atoms. The molecular formula is C32H66O2P+. The Hall–Kier alpha value is -0.100. The first-order valence-electron chi connectivity index (χ1n) is 16.2. The van der Waals surface area contributed by atoms with Crippen LogP contribution < -0.4 is 0 Å². The molecule has 0 heterocycles. The third-order valence-electron chi connectivity index (χ3n) is 7.77. The normalized spacial score (nSPS) is 12.7. The summed E-state index contributed by atoms with van der Waals surface area (Å²) in [5.41, 5.74) is 0. The molecule has 0 amide bonds. The summed E-state index contributed by atoms with van der Waals surface area (Å²) < 4.78 is 6.74. The van der Waals surface area contributed by atoms with Crippen LogP contribution in [0.25, 0.3) is 0 Å². The minimum absolute atomic E-state index is 0.119. The van der Waals surface area contributed by atoms with E-state index >= 15 is 0 Å². The Kier molecular flexibility index (Phi) is 25.5. The molecule has 0 radical (unpaired) electrons. The minimum atomic E-state index is -1.67. The van der Waals surface area contributed by atoms with Gasteiger partial charge in [0.2, 0.25) is 0 Å². The number of hydrogen-bond donors (Lipinski definition) is 0. The summed E-state index contributed by atoms with van der Waals surface area (Å²) in [6.07, 6.45) is 31.7. The second-order valence-electron chi connectivity index (χ2n) is 11.2. The molecule has 0 saturated carbocycles. The van der Waals surface area contributed by atoms with Gasteiger partial charge in [0, 0.05) is 0 Å². The first-order chi connectivity index (χ1) is 17.1. The Morgan fingerprint density at radius 3 is 1.20 bits per heavy atom. The van der Waals surface area contributed by atoms with Gasteiger partial charge in [0.25, 0.3) is 0 Å². The van der Waals surface area contributed by atoms with Crippen LogP contribution in [0.4, 0.5) is 0 Å². The molecule has 0 aliphatic rings. The van der Waals surface area contributed by atoms with Gasteiger partial charge in [0.1, 0.15) is 0 Å². The van der Waals surface area contributed by atoms with Crippen molar-refractivity contribution in [1.82, 2.24) is 0 Å². The van der Waals surface area contributed by atoms with Gasteiger partial charge in [0.15, 0.2) is 7.49 Å². The molecule has 35 heavy (non-hydrogen) atoms. The fourth-order valence-electron chi connectivity index (χ4n) is 5.22. The van der Waals surface area contributed by atoms with E-state index < -0.39 is 7.49 Å². The highest BCUT2D eigenvalue weighted by Crippen LogP contribution is 2.62. The molecule has 0 aromatic rings. The van der Waals surface area contributed by atoms with E-state index in [-0.39, 0.29) is 11.9 Å². The lowest BCUT2D eigenvalue weighted by atomic mass is 10.00. The van der Waals surface area contributed by atoms with Crippen molar-refractivity contribution in [3.8, 4) is 0 Å². The molecule has 0 bridgehead atoms. The highest BCUT2D eigenvalue weighted by atomic mass is 31.2. The maximum atomic E-state index is 13.4. The minimum Gasteiger partial charge on any atom is -0.313 e. The van der Waals surface area contributed by atoms with Crippen molar-refractivity contribution in [3.05, 3.63) is 0 Å². The van der Waals surface area contributed by atoms with Crippen molar-refractivity contribution in [3.63, 3.8) is 0 Å². The SMILES string of the molecule is CCCCCCCC[P+](CCCCCCCC)(CCCCCCCC)OC(=O)C(CC)CCCC. The highest BCUT2D eigenvalue weighted by Gasteiger charge is 2.42. The number of hydrogen-bond acceptors (Lipinski definition) is 2. The molecular weight excluding hydrogens is 447 g/mol. The number of unbranched alkanes of at least 4 members (excludes halogenated alkanes) is 16. The molecule has 0 rings (SSSR count). The van der Waals surface area contributed by atoms with Gasteiger partial charge in [-0.1, -0.05) is 125 Å². The van der Waals surface area contributed by atoms with E-state index in [1.54, 1.807) is 0 Å². The first-order valence-corrected chi connectivity index (χ1v) is 18.4. The van der Waals surface area contributed by atoms with E-state index in [0.29, 0.717) is 0 Å². The quantitative estimate of drug-likeness (QED) is 0.0806. The van der Waals surface area contributed by atoms with Gasteiger partial charge >= 0.3 is 5.97 Å². The number of carbonyl (C=O) groups is 1. The second-order valence-corrected chi connectivity index (χ2v) is 14.8. The average Bonchev–Trinajstić information content (AvgIpc) is 2.86. The van der Waals surface area contributed by atoms with Crippen molar-refractivity contribution >= 4 is 13.5 Å². The van der Waals surface area contributed by atoms with E-state index in [2.05, 4.69) is 34.6 Å². The van der Waals surface area contributed by atoms with Crippen LogP contribution in [-0.2, 0) is 9.32 Å². The third-order valence-corrected chi connectivity index (χ3v) is 11.7. The lowest BCUT2D eigenvalue weighted by Crippen LogP contribution is -2.22. The average molecular weight is 514 g/mol. The molecule has 0 fully saturated rings. The van der Waals surface area contributed by atoms with Crippen molar-refractivity contribution in [2.75, 3.05) is 18.5 Å². The van der Waals surface area contributed by atoms with Crippen LogP contribution in [-0.4, -0.2) is 24.5 Å². The molecule has 3 heteroatoms. The molecule has 1 atom stereocenters. The van der Waals surface area contributed by atoms with Gasteiger partial charge in [-0.3, -0.25) is 0 Å². The lowest BCUT2D eigenvalue weighted by Gasteiger charge is -2.27. The summed E-state index contributed by atoms with van der Waals surface area (Å²) in [5.74, 6) is 0.283. The molecule has 0 aromatic carbocycles. The van der Waals surface area contributed by atoms with Crippen LogP contribution >= 0.6 is 7.49 Å². The summed E-state index contributed by atoms with van der Waals surface area (Å²) in [7, 11) is -1.67. The Balaban J connectivity index is 5.22.